The lowest BCUT2D eigenvalue weighted by Crippen LogP contribution is -2.02. The number of anilines is 1. The fourth-order valence-corrected chi connectivity index (χ4v) is 1.27. The molecule has 1 aromatic carbocycles. The fourth-order valence-electron chi connectivity index (χ4n) is 1.27. The molecule has 0 radical (unpaired) electrons. The van der Waals surface area contributed by atoms with E-state index >= 15 is 0 Å². The minimum atomic E-state index is -0.517. The summed E-state index contributed by atoms with van der Waals surface area (Å²) >= 11 is 0. The van der Waals surface area contributed by atoms with E-state index in [0.717, 1.165) is 0 Å². The minimum absolute atomic E-state index is 0.0903. The summed E-state index contributed by atoms with van der Waals surface area (Å²) in [5.41, 5.74) is 6.89. The highest BCUT2D eigenvalue weighted by atomic mass is 16.6. The lowest BCUT2D eigenvalue weighted by molar-refractivity contribution is -0.385. The highest BCUT2D eigenvalue weighted by molar-refractivity contribution is 6.02. The van der Waals surface area contributed by atoms with E-state index in [4.69, 9.17) is 11.1 Å². The van der Waals surface area contributed by atoms with E-state index in [9.17, 15) is 10.1 Å². The summed E-state index contributed by atoms with van der Waals surface area (Å²) in [6, 6.07) is 2.76. The first-order valence-electron chi connectivity index (χ1n) is 4.23. The van der Waals surface area contributed by atoms with Crippen molar-refractivity contribution in [1.29, 1.82) is 5.41 Å². The zero-order chi connectivity index (χ0) is 11.6. The van der Waals surface area contributed by atoms with Gasteiger partial charge in [0.1, 0.15) is 0 Å². The van der Waals surface area contributed by atoms with E-state index < -0.39 is 4.92 Å². The Bertz CT molecular complexity index is 452. The first-order valence-corrected chi connectivity index (χ1v) is 4.23. The van der Waals surface area contributed by atoms with Crippen LogP contribution < -0.4 is 5.73 Å². The van der Waals surface area contributed by atoms with Crippen molar-refractivity contribution in [2.45, 2.75) is 6.92 Å². The lowest BCUT2D eigenvalue weighted by Gasteiger charge is -2.05. The molecule has 0 atom stereocenters. The highest BCUT2D eigenvalue weighted by Gasteiger charge is 2.15. The fraction of sp³-hybridized carbons (Fsp3) is 0.100. The van der Waals surface area contributed by atoms with Crippen molar-refractivity contribution >= 4 is 23.2 Å². The molecule has 0 amide bonds. The second-order valence-electron chi connectivity index (χ2n) is 3.08. The maximum atomic E-state index is 10.7. The molecule has 0 fully saturated rings. The largest absolute Gasteiger partial charge is 0.398 e. The van der Waals surface area contributed by atoms with E-state index in [1.165, 1.54) is 18.2 Å². The van der Waals surface area contributed by atoms with E-state index in [2.05, 4.69) is 6.58 Å². The number of hydrogen-bond donors (Lipinski definition) is 2. The zero-order valence-electron chi connectivity index (χ0n) is 8.28. The average molecular weight is 205 g/mol. The van der Waals surface area contributed by atoms with Gasteiger partial charge in [0.2, 0.25) is 0 Å². The molecule has 0 heterocycles. The third kappa shape index (κ3) is 2.01. The number of nitrogens with one attached hydrogen (secondary N) is 1. The molecular formula is C10H11N3O2. The molecule has 0 aliphatic rings. The van der Waals surface area contributed by atoms with Crippen LogP contribution in [-0.2, 0) is 0 Å². The van der Waals surface area contributed by atoms with Gasteiger partial charge in [-0.05, 0) is 13.0 Å². The molecule has 0 aliphatic carbocycles. The van der Waals surface area contributed by atoms with Gasteiger partial charge in [0, 0.05) is 23.0 Å². The standard InChI is InChI=1S/C10H11N3O2/c1-3-7-4-8(6(2)11)9(12)5-10(7)13(14)15/h3-5,11H,1,12H2,2H3. The zero-order valence-corrected chi connectivity index (χ0v) is 8.28. The van der Waals surface area contributed by atoms with Gasteiger partial charge < -0.3 is 11.1 Å². The van der Waals surface area contributed by atoms with Crippen molar-refractivity contribution in [2.75, 3.05) is 5.73 Å². The van der Waals surface area contributed by atoms with E-state index in [1.54, 1.807) is 6.92 Å². The van der Waals surface area contributed by atoms with Crippen LogP contribution in [0, 0.1) is 15.5 Å². The first kappa shape index (κ1) is 10.9. The van der Waals surface area contributed by atoms with Gasteiger partial charge in [0.05, 0.1) is 10.5 Å². The average Bonchev–Trinajstić information content (AvgIpc) is 2.16. The molecule has 1 aromatic rings. The Labute approximate surface area is 86.9 Å². The molecule has 5 nitrogen and oxygen atoms in total. The van der Waals surface area contributed by atoms with Gasteiger partial charge in [-0.15, -0.1) is 0 Å². The molecule has 0 saturated carbocycles. The Balaban J connectivity index is 3.48. The molecular weight excluding hydrogens is 194 g/mol. The van der Waals surface area contributed by atoms with Crippen molar-refractivity contribution in [1.82, 2.24) is 0 Å². The van der Waals surface area contributed by atoms with Crippen LogP contribution in [0.4, 0.5) is 11.4 Å². The number of hydrogen-bond acceptors (Lipinski definition) is 4. The van der Waals surface area contributed by atoms with Gasteiger partial charge >= 0.3 is 0 Å². The smallest absolute Gasteiger partial charge is 0.278 e. The van der Waals surface area contributed by atoms with E-state index in [-0.39, 0.29) is 17.1 Å². The molecule has 3 N–H and O–H groups in total. The third-order valence-corrected chi connectivity index (χ3v) is 2.02. The molecule has 0 unspecified atom stereocenters. The predicted molar refractivity (Wildman–Crippen MR) is 60.1 cm³/mol. The molecule has 0 bridgehead atoms. The Hall–Kier alpha value is -2.17. The van der Waals surface area contributed by atoms with Crippen LogP contribution in [0.3, 0.4) is 0 Å². The van der Waals surface area contributed by atoms with Crippen LogP contribution in [-0.4, -0.2) is 10.6 Å². The van der Waals surface area contributed by atoms with Crippen LogP contribution in [0.1, 0.15) is 18.1 Å². The summed E-state index contributed by atoms with van der Waals surface area (Å²) in [6.45, 7) is 5.06. The van der Waals surface area contributed by atoms with Crippen molar-refractivity contribution in [2.24, 2.45) is 0 Å². The normalized spacial score (nSPS) is 9.67. The molecule has 78 valence electrons. The molecule has 0 aromatic heterocycles. The number of rotatable bonds is 3. The van der Waals surface area contributed by atoms with Crippen LogP contribution in [0.25, 0.3) is 6.08 Å². The number of nitrogens with zero attached hydrogens (tertiary/aromatic N) is 1. The van der Waals surface area contributed by atoms with Gasteiger partial charge in [-0.3, -0.25) is 10.1 Å². The molecule has 0 aliphatic heterocycles. The highest BCUT2D eigenvalue weighted by Crippen LogP contribution is 2.26. The summed E-state index contributed by atoms with van der Waals surface area (Å²) in [4.78, 5) is 10.1. The third-order valence-electron chi connectivity index (χ3n) is 2.02. The second kappa shape index (κ2) is 3.91. The molecule has 5 heteroatoms. The Kier molecular flexibility index (Phi) is 2.85. The maximum absolute atomic E-state index is 10.7. The summed E-state index contributed by atoms with van der Waals surface area (Å²) in [7, 11) is 0. The van der Waals surface area contributed by atoms with Crippen molar-refractivity contribution in [3.63, 3.8) is 0 Å². The number of benzene rings is 1. The van der Waals surface area contributed by atoms with E-state index in [1.807, 2.05) is 0 Å². The van der Waals surface area contributed by atoms with Crippen LogP contribution in [0.2, 0.25) is 0 Å². The maximum Gasteiger partial charge on any atom is 0.278 e. The Morgan fingerprint density at radius 1 is 1.67 bits per heavy atom. The monoisotopic (exact) mass is 205 g/mol. The summed E-state index contributed by atoms with van der Waals surface area (Å²) < 4.78 is 0. The SMILES string of the molecule is C=Cc1cc(C(C)=N)c(N)cc1[N+](=O)[O-]. The topological polar surface area (TPSA) is 93.0 Å². The van der Waals surface area contributed by atoms with Gasteiger partial charge in [-0.25, -0.2) is 0 Å². The number of nitrogens with two attached hydrogens (primary N) is 1. The number of nitro benzene ring substituents is 1. The second-order valence-corrected chi connectivity index (χ2v) is 3.08. The predicted octanol–water partition coefficient (Wildman–Crippen LogP) is 2.21. The van der Waals surface area contributed by atoms with Crippen molar-refractivity contribution < 1.29 is 4.92 Å². The van der Waals surface area contributed by atoms with Crippen LogP contribution in [0.5, 0.6) is 0 Å². The Morgan fingerprint density at radius 2 is 2.27 bits per heavy atom. The summed E-state index contributed by atoms with van der Waals surface area (Å²) in [6.07, 6.45) is 1.38. The van der Waals surface area contributed by atoms with Crippen LogP contribution >= 0.6 is 0 Å². The number of nitro groups is 1. The van der Waals surface area contributed by atoms with Gasteiger partial charge in [-0.1, -0.05) is 12.7 Å². The minimum Gasteiger partial charge on any atom is -0.398 e. The van der Waals surface area contributed by atoms with Gasteiger partial charge in [0.25, 0.3) is 5.69 Å². The first-order chi connectivity index (χ1) is 6.97. The molecule has 1 rings (SSSR count). The molecule has 15 heavy (non-hydrogen) atoms. The van der Waals surface area contributed by atoms with E-state index in [0.29, 0.717) is 11.1 Å². The lowest BCUT2D eigenvalue weighted by atomic mass is 10.0. The Morgan fingerprint density at radius 3 is 2.67 bits per heavy atom. The molecule has 0 saturated heterocycles. The quantitative estimate of drug-likeness (QED) is 0.343. The van der Waals surface area contributed by atoms with Crippen LogP contribution in [0.15, 0.2) is 18.7 Å². The van der Waals surface area contributed by atoms with Gasteiger partial charge in [-0.2, -0.15) is 0 Å². The molecule has 0 spiro atoms. The van der Waals surface area contributed by atoms with Crippen molar-refractivity contribution in [3.05, 3.63) is 40.0 Å². The summed E-state index contributed by atoms with van der Waals surface area (Å²) in [5.74, 6) is 0. The van der Waals surface area contributed by atoms with Crippen molar-refractivity contribution in [3.8, 4) is 0 Å². The summed E-state index contributed by atoms with van der Waals surface area (Å²) in [5, 5.41) is 18.1. The van der Waals surface area contributed by atoms with Gasteiger partial charge in [0.15, 0.2) is 0 Å². The number of nitrogen functional groups attached to an aromatic ring is 1.